The van der Waals surface area contributed by atoms with Crippen LogP contribution in [0.4, 0.5) is 0 Å². The Kier molecular flexibility index (Phi) is 4.60. The van der Waals surface area contributed by atoms with E-state index < -0.39 is 6.04 Å². The fourth-order valence-electron chi connectivity index (χ4n) is 3.27. The van der Waals surface area contributed by atoms with Crippen molar-refractivity contribution >= 4 is 28.0 Å². The Morgan fingerprint density at radius 1 is 1.04 bits per heavy atom. The van der Waals surface area contributed by atoms with E-state index in [2.05, 4.69) is 10.3 Å². The summed E-state index contributed by atoms with van der Waals surface area (Å²) in [5.74, 6) is -0.0416. The van der Waals surface area contributed by atoms with E-state index in [0.29, 0.717) is 16.1 Å². The van der Waals surface area contributed by atoms with E-state index in [1.54, 1.807) is 11.6 Å². The summed E-state index contributed by atoms with van der Waals surface area (Å²) in [6.07, 6.45) is 0. The minimum Gasteiger partial charge on any atom is -0.508 e. The second-order valence-corrected chi connectivity index (χ2v) is 7.16. The summed E-state index contributed by atoms with van der Waals surface area (Å²) >= 11 is 1.31. The van der Waals surface area contributed by atoms with E-state index in [1.165, 1.54) is 11.3 Å². The molecule has 134 valence electrons. The third-order valence-electron chi connectivity index (χ3n) is 4.60. The van der Waals surface area contributed by atoms with Gasteiger partial charge in [-0.3, -0.25) is 4.79 Å². The van der Waals surface area contributed by atoms with Crippen molar-refractivity contribution in [3.63, 3.8) is 0 Å². The lowest BCUT2D eigenvalue weighted by Gasteiger charge is -2.22. The van der Waals surface area contributed by atoms with Gasteiger partial charge in [-0.1, -0.05) is 60.7 Å². The second-order valence-electron chi connectivity index (χ2n) is 6.30. The molecule has 0 saturated heterocycles. The van der Waals surface area contributed by atoms with Crippen LogP contribution in [-0.4, -0.2) is 16.0 Å². The van der Waals surface area contributed by atoms with Gasteiger partial charge in [0.15, 0.2) is 0 Å². The molecule has 2 N–H and O–H groups in total. The minimum absolute atomic E-state index is 0.156. The van der Waals surface area contributed by atoms with E-state index in [4.69, 9.17) is 0 Å². The van der Waals surface area contributed by atoms with Crippen LogP contribution in [0, 0.1) is 6.92 Å². The molecule has 0 aliphatic heterocycles. The normalized spacial score (nSPS) is 12.0. The van der Waals surface area contributed by atoms with Crippen LogP contribution in [0.3, 0.4) is 0 Å². The Labute approximate surface area is 161 Å². The van der Waals surface area contributed by atoms with Gasteiger partial charge < -0.3 is 10.4 Å². The van der Waals surface area contributed by atoms with Crippen LogP contribution < -0.4 is 5.32 Å². The number of nitrogens with one attached hydrogen (secondary N) is 1. The lowest BCUT2D eigenvalue weighted by molar-refractivity contribution is 0.0946. The van der Waals surface area contributed by atoms with Crippen molar-refractivity contribution in [1.82, 2.24) is 10.3 Å². The number of hydrogen-bond donors (Lipinski definition) is 2. The van der Waals surface area contributed by atoms with E-state index in [0.717, 1.165) is 16.3 Å². The van der Waals surface area contributed by atoms with Gasteiger partial charge >= 0.3 is 0 Å². The lowest BCUT2D eigenvalue weighted by Crippen LogP contribution is -2.29. The first-order valence-electron chi connectivity index (χ1n) is 8.61. The third-order valence-corrected chi connectivity index (χ3v) is 5.52. The topological polar surface area (TPSA) is 62.2 Å². The molecule has 0 unspecified atom stereocenters. The van der Waals surface area contributed by atoms with E-state index >= 15 is 0 Å². The Balaban J connectivity index is 1.86. The quantitative estimate of drug-likeness (QED) is 0.538. The Hall–Kier alpha value is -3.18. The van der Waals surface area contributed by atoms with Crippen LogP contribution in [0.1, 0.15) is 32.5 Å². The molecule has 1 atom stereocenters. The van der Waals surface area contributed by atoms with Gasteiger partial charge in [-0.2, -0.15) is 0 Å². The first-order valence-corrected chi connectivity index (χ1v) is 9.49. The maximum atomic E-state index is 12.9. The van der Waals surface area contributed by atoms with Gasteiger partial charge in [-0.25, -0.2) is 4.98 Å². The average Bonchev–Trinajstić information content (AvgIpc) is 3.13. The fraction of sp³-hybridized carbons (Fsp3) is 0.0909. The molecule has 1 heterocycles. The molecule has 27 heavy (non-hydrogen) atoms. The molecule has 1 amide bonds. The number of thiazole rings is 1. The molecule has 4 aromatic rings. The highest BCUT2D eigenvalue weighted by Crippen LogP contribution is 2.36. The monoisotopic (exact) mass is 374 g/mol. The Morgan fingerprint density at radius 3 is 2.52 bits per heavy atom. The molecule has 4 nitrogen and oxygen atoms in total. The van der Waals surface area contributed by atoms with Gasteiger partial charge in [0.25, 0.3) is 5.91 Å². The van der Waals surface area contributed by atoms with Crippen molar-refractivity contribution in [2.45, 2.75) is 13.0 Å². The molecular weight excluding hydrogens is 356 g/mol. The first kappa shape index (κ1) is 17.2. The minimum atomic E-state index is -0.480. The summed E-state index contributed by atoms with van der Waals surface area (Å²) in [5, 5.41) is 15.7. The predicted molar refractivity (Wildman–Crippen MR) is 108 cm³/mol. The Morgan fingerprint density at radius 2 is 1.78 bits per heavy atom. The van der Waals surface area contributed by atoms with Crippen molar-refractivity contribution in [2.24, 2.45) is 0 Å². The summed E-state index contributed by atoms with van der Waals surface area (Å²) in [7, 11) is 0. The third kappa shape index (κ3) is 3.29. The van der Waals surface area contributed by atoms with Gasteiger partial charge in [0.05, 0.1) is 17.2 Å². The number of aromatic hydroxyl groups is 1. The molecule has 0 spiro atoms. The largest absolute Gasteiger partial charge is 0.508 e. The first-order chi connectivity index (χ1) is 13.1. The standard InChI is InChI=1S/C22H18N2O2S/c1-14-21(27-13-23-14)22(26)24-20(16-8-3-2-4-9-16)19-17-10-6-5-7-15(17)11-12-18(19)25/h2-13,20,25H,1H3,(H,24,26)/t20-/m1/s1. The number of nitrogens with zero attached hydrogens (tertiary/aromatic N) is 1. The van der Waals surface area contributed by atoms with Crippen LogP contribution in [-0.2, 0) is 0 Å². The summed E-state index contributed by atoms with van der Waals surface area (Å²) < 4.78 is 0. The smallest absolute Gasteiger partial charge is 0.264 e. The number of phenolic OH excluding ortho intramolecular Hbond substituents is 1. The van der Waals surface area contributed by atoms with Crippen LogP contribution in [0.25, 0.3) is 10.8 Å². The van der Waals surface area contributed by atoms with Gasteiger partial charge in [-0.05, 0) is 29.3 Å². The second kappa shape index (κ2) is 7.21. The number of rotatable bonds is 4. The summed E-state index contributed by atoms with van der Waals surface area (Å²) in [6, 6.07) is 20.6. The van der Waals surface area contributed by atoms with Gasteiger partial charge in [-0.15, -0.1) is 11.3 Å². The number of carbonyl (C=O) groups is 1. The maximum Gasteiger partial charge on any atom is 0.264 e. The molecule has 0 aliphatic carbocycles. The fourth-order valence-corrected chi connectivity index (χ4v) is 3.98. The molecule has 0 aliphatic rings. The molecule has 3 aromatic carbocycles. The predicted octanol–water partition coefficient (Wildman–Crippen LogP) is 4.83. The molecular formula is C22H18N2O2S. The van der Waals surface area contributed by atoms with Crippen LogP contribution in [0.5, 0.6) is 5.75 Å². The molecule has 0 saturated carbocycles. The zero-order valence-corrected chi connectivity index (χ0v) is 15.5. The van der Waals surface area contributed by atoms with Crippen LogP contribution in [0.2, 0.25) is 0 Å². The highest BCUT2D eigenvalue weighted by atomic mass is 32.1. The maximum absolute atomic E-state index is 12.9. The summed E-state index contributed by atoms with van der Waals surface area (Å²) in [6.45, 7) is 1.82. The zero-order valence-electron chi connectivity index (χ0n) is 14.7. The highest BCUT2D eigenvalue weighted by Gasteiger charge is 2.24. The number of benzene rings is 3. The lowest BCUT2D eigenvalue weighted by atomic mass is 9.92. The number of aromatic nitrogens is 1. The number of aryl methyl sites for hydroxylation is 1. The summed E-state index contributed by atoms with van der Waals surface area (Å²) in [5.41, 5.74) is 3.96. The van der Waals surface area contributed by atoms with E-state index in [1.807, 2.05) is 67.6 Å². The number of fused-ring (bicyclic) bond motifs is 1. The van der Waals surface area contributed by atoms with E-state index in [9.17, 15) is 9.90 Å². The molecule has 0 fully saturated rings. The van der Waals surface area contributed by atoms with Gasteiger partial charge in [0, 0.05) is 5.56 Å². The van der Waals surface area contributed by atoms with E-state index in [-0.39, 0.29) is 11.7 Å². The zero-order chi connectivity index (χ0) is 18.8. The number of phenols is 1. The van der Waals surface area contributed by atoms with Crippen LogP contribution in [0.15, 0.2) is 72.2 Å². The molecule has 0 radical (unpaired) electrons. The molecule has 4 rings (SSSR count). The van der Waals surface area contributed by atoms with Crippen molar-refractivity contribution in [2.75, 3.05) is 0 Å². The van der Waals surface area contributed by atoms with Crippen molar-refractivity contribution in [1.29, 1.82) is 0 Å². The van der Waals surface area contributed by atoms with Crippen LogP contribution >= 0.6 is 11.3 Å². The number of carbonyl (C=O) groups excluding carboxylic acids is 1. The number of amides is 1. The van der Waals surface area contributed by atoms with Crippen molar-refractivity contribution < 1.29 is 9.90 Å². The SMILES string of the molecule is Cc1ncsc1C(=O)N[C@H](c1ccccc1)c1c(O)ccc2ccccc12. The summed E-state index contributed by atoms with van der Waals surface area (Å²) in [4.78, 5) is 17.7. The van der Waals surface area contributed by atoms with Gasteiger partial charge in [0.1, 0.15) is 10.6 Å². The van der Waals surface area contributed by atoms with Crippen molar-refractivity contribution in [3.05, 3.63) is 93.9 Å². The average molecular weight is 374 g/mol. The number of hydrogen-bond acceptors (Lipinski definition) is 4. The molecule has 1 aromatic heterocycles. The highest BCUT2D eigenvalue weighted by molar-refractivity contribution is 7.11. The molecule has 5 heteroatoms. The van der Waals surface area contributed by atoms with Gasteiger partial charge in [0.2, 0.25) is 0 Å². The molecule has 0 bridgehead atoms. The Bertz CT molecular complexity index is 1110. The van der Waals surface area contributed by atoms with Crippen molar-refractivity contribution in [3.8, 4) is 5.75 Å².